The summed E-state index contributed by atoms with van der Waals surface area (Å²) in [4.78, 5) is 23.1. The highest BCUT2D eigenvalue weighted by Crippen LogP contribution is 2.40. The predicted octanol–water partition coefficient (Wildman–Crippen LogP) is 5.17. The fourth-order valence-corrected chi connectivity index (χ4v) is 4.43. The van der Waals surface area contributed by atoms with Crippen LogP contribution in [0.1, 0.15) is 34.9 Å². The summed E-state index contributed by atoms with van der Waals surface area (Å²) in [5.41, 5.74) is 8.90. The Hall–Kier alpha value is -2.40. The largest absolute Gasteiger partial charge is 0.397 e. The van der Waals surface area contributed by atoms with Crippen molar-refractivity contribution in [2.75, 3.05) is 11.1 Å². The van der Waals surface area contributed by atoms with Gasteiger partial charge >= 0.3 is 0 Å². The van der Waals surface area contributed by atoms with Gasteiger partial charge in [-0.15, -0.1) is 11.3 Å². The molecule has 0 aliphatic rings. The van der Waals surface area contributed by atoms with Crippen molar-refractivity contribution in [2.24, 2.45) is 0 Å². The Bertz CT molecular complexity index is 956. The van der Waals surface area contributed by atoms with E-state index in [9.17, 15) is 14.3 Å². The third-order valence-electron chi connectivity index (χ3n) is 4.39. The summed E-state index contributed by atoms with van der Waals surface area (Å²) >= 11 is 1.62. The van der Waals surface area contributed by atoms with E-state index in [1.165, 1.54) is 0 Å². The zero-order valence-corrected chi connectivity index (χ0v) is 16.6. The van der Waals surface area contributed by atoms with E-state index < -0.39 is 8.03 Å². The molecule has 140 valence electrons. The van der Waals surface area contributed by atoms with Gasteiger partial charge in [0.15, 0.2) is 8.03 Å². The molecule has 5 nitrogen and oxygen atoms in total. The van der Waals surface area contributed by atoms with Gasteiger partial charge in [0.25, 0.3) is 5.91 Å². The number of nitrogens with one attached hydrogen (secondary N) is 1. The Morgan fingerprint density at radius 2 is 1.96 bits per heavy atom. The van der Waals surface area contributed by atoms with E-state index in [-0.39, 0.29) is 11.6 Å². The van der Waals surface area contributed by atoms with Crippen molar-refractivity contribution in [3.8, 4) is 10.4 Å². The van der Waals surface area contributed by atoms with Gasteiger partial charge in [-0.25, -0.2) is 0 Å². The number of hydrogen-bond donors (Lipinski definition) is 3. The maximum atomic E-state index is 12.6. The highest BCUT2D eigenvalue weighted by molar-refractivity contribution is 7.38. The summed E-state index contributed by atoms with van der Waals surface area (Å²) in [6.45, 7) is 1.87. The summed E-state index contributed by atoms with van der Waals surface area (Å²) in [6, 6.07) is 16.3. The van der Waals surface area contributed by atoms with Crippen molar-refractivity contribution in [3.63, 3.8) is 0 Å². The number of nitrogen functional groups attached to an aromatic ring is 1. The van der Waals surface area contributed by atoms with Gasteiger partial charge in [0.05, 0.1) is 17.0 Å². The molecule has 0 spiro atoms. The molecule has 7 heteroatoms. The van der Waals surface area contributed by atoms with E-state index in [2.05, 4.69) is 5.32 Å². The van der Waals surface area contributed by atoms with Crippen molar-refractivity contribution >= 4 is 36.6 Å². The third-order valence-corrected chi connectivity index (χ3v) is 6.65. The first-order chi connectivity index (χ1) is 13.0. The molecule has 3 aromatic rings. The minimum absolute atomic E-state index is 0.277. The maximum absolute atomic E-state index is 12.6. The highest BCUT2D eigenvalue weighted by Gasteiger charge is 2.16. The van der Waals surface area contributed by atoms with Crippen LogP contribution in [0.4, 0.5) is 11.4 Å². The molecule has 0 bridgehead atoms. The van der Waals surface area contributed by atoms with Crippen LogP contribution in [0, 0.1) is 0 Å². The number of benzene rings is 2. The second-order valence-electron chi connectivity index (χ2n) is 6.15. The van der Waals surface area contributed by atoms with Crippen molar-refractivity contribution in [3.05, 3.63) is 71.1 Å². The van der Waals surface area contributed by atoms with Crippen molar-refractivity contribution in [2.45, 2.75) is 19.0 Å². The van der Waals surface area contributed by atoms with Crippen LogP contribution in [0.2, 0.25) is 0 Å². The molecule has 0 saturated carbocycles. The first-order valence-electron chi connectivity index (χ1n) is 8.57. The zero-order valence-electron chi connectivity index (χ0n) is 14.8. The Morgan fingerprint density at radius 1 is 1.22 bits per heavy atom. The fraction of sp³-hybridized carbons (Fsp3) is 0.150. The molecule has 2 unspecified atom stereocenters. The molecule has 2 atom stereocenters. The molecule has 0 aliphatic heterocycles. The molecule has 0 aliphatic carbocycles. The quantitative estimate of drug-likeness (QED) is 0.393. The summed E-state index contributed by atoms with van der Waals surface area (Å²) in [5, 5.41) is 4.85. The van der Waals surface area contributed by atoms with Crippen LogP contribution in [0.15, 0.2) is 60.0 Å². The lowest BCUT2D eigenvalue weighted by Gasteiger charge is -2.13. The molecule has 1 amide bonds. The highest BCUT2D eigenvalue weighted by atomic mass is 32.1. The van der Waals surface area contributed by atoms with Crippen molar-refractivity contribution < 1.29 is 14.3 Å². The normalized spacial score (nSPS) is 13.1. The van der Waals surface area contributed by atoms with E-state index in [1.54, 1.807) is 41.7 Å². The first-order valence-corrected chi connectivity index (χ1v) is 10.9. The van der Waals surface area contributed by atoms with Crippen molar-refractivity contribution in [1.29, 1.82) is 0 Å². The van der Waals surface area contributed by atoms with Crippen LogP contribution in [-0.4, -0.2) is 10.8 Å². The van der Waals surface area contributed by atoms with E-state index in [1.807, 2.05) is 36.6 Å². The lowest BCUT2D eigenvalue weighted by molar-refractivity contribution is 0.102. The Labute approximate surface area is 162 Å². The van der Waals surface area contributed by atoms with Gasteiger partial charge in [-0.05, 0) is 53.3 Å². The van der Waals surface area contributed by atoms with Crippen LogP contribution in [0.3, 0.4) is 0 Å². The summed E-state index contributed by atoms with van der Waals surface area (Å²) < 4.78 is 11.5. The molecule has 0 radical (unpaired) electrons. The number of amides is 1. The van der Waals surface area contributed by atoms with Crippen molar-refractivity contribution in [1.82, 2.24) is 0 Å². The minimum Gasteiger partial charge on any atom is -0.397 e. The molecule has 4 N–H and O–H groups in total. The summed E-state index contributed by atoms with van der Waals surface area (Å²) in [5.74, 6) is -0.277. The Morgan fingerprint density at radius 3 is 2.56 bits per heavy atom. The zero-order chi connectivity index (χ0) is 19.4. The van der Waals surface area contributed by atoms with Gasteiger partial charge in [-0.2, -0.15) is 0 Å². The molecular weight excluding hydrogens is 379 g/mol. The second kappa shape index (κ2) is 8.53. The van der Waals surface area contributed by atoms with Crippen LogP contribution >= 0.6 is 19.4 Å². The monoisotopic (exact) mass is 400 g/mol. The summed E-state index contributed by atoms with van der Waals surface area (Å²) in [7, 11) is -2.65. The predicted molar refractivity (Wildman–Crippen MR) is 113 cm³/mol. The molecule has 27 heavy (non-hydrogen) atoms. The minimum atomic E-state index is -2.65. The fourth-order valence-electron chi connectivity index (χ4n) is 2.87. The second-order valence-corrected chi connectivity index (χ2v) is 8.48. The molecule has 1 aromatic heterocycles. The number of rotatable bonds is 6. The van der Waals surface area contributed by atoms with Crippen LogP contribution in [-0.2, 0) is 4.57 Å². The number of hydrogen-bond acceptors (Lipinski definition) is 4. The van der Waals surface area contributed by atoms with E-state index in [0.29, 0.717) is 23.4 Å². The van der Waals surface area contributed by atoms with Gasteiger partial charge in [0.1, 0.15) is 0 Å². The molecule has 1 heterocycles. The first kappa shape index (κ1) is 19.4. The maximum Gasteiger partial charge on any atom is 0.255 e. The van der Waals surface area contributed by atoms with E-state index >= 15 is 0 Å². The van der Waals surface area contributed by atoms with E-state index in [4.69, 9.17) is 5.73 Å². The van der Waals surface area contributed by atoms with Gasteiger partial charge < -0.3 is 15.9 Å². The molecular formula is C20H21N2O3PS. The smallest absolute Gasteiger partial charge is 0.255 e. The SMILES string of the molecule is CCC(c1ccc(C(=O)Nc2cc(-c3cccs3)ccc2N)cc1)[PH](=O)O. The van der Waals surface area contributed by atoms with Gasteiger partial charge in [0.2, 0.25) is 0 Å². The van der Waals surface area contributed by atoms with Gasteiger partial charge in [-0.3, -0.25) is 9.36 Å². The topological polar surface area (TPSA) is 92.4 Å². The number of thiophene rings is 1. The lowest BCUT2D eigenvalue weighted by atomic mass is 10.1. The summed E-state index contributed by atoms with van der Waals surface area (Å²) in [6.07, 6.45) is 0.575. The van der Waals surface area contributed by atoms with Crippen LogP contribution < -0.4 is 11.1 Å². The standard InChI is InChI=1S/C20H21N2O3PS/c1-2-18(26(24)25)13-5-7-14(8-6-13)20(23)22-17-12-15(9-10-16(17)21)19-4-3-11-27-19/h3-12,18,26H,2,21H2,1H3,(H,22,23)(H,24,25). The number of carbonyl (C=O) groups is 1. The molecule has 3 rings (SSSR count). The lowest BCUT2D eigenvalue weighted by Crippen LogP contribution is -2.13. The molecule has 2 aromatic carbocycles. The Balaban J connectivity index is 1.79. The van der Waals surface area contributed by atoms with E-state index in [0.717, 1.165) is 16.0 Å². The number of carbonyl (C=O) groups excluding carboxylic acids is 1. The third kappa shape index (κ3) is 4.48. The van der Waals surface area contributed by atoms with Gasteiger partial charge in [-0.1, -0.05) is 31.2 Å². The Kier molecular flexibility index (Phi) is 6.11. The average Bonchev–Trinajstić information content (AvgIpc) is 3.19. The number of nitrogens with two attached hydrogens (primary N) is 1. The molecule has 0 fully saturated rings. The molecule has 0 saturated heterocycles. The van der Waals surface area contributed by atoms with Gasteiger partial charge in [0, 0.05) is 10.4 Å². The van der Waals surface area contributed by atoms with Crippen LogP contribution in [0.5, 0.6) is 0 Å². The number of anilines is 2. The van der Waals surface area contributed by atoms with Crippen LogP contribution in [0.25, 0.3) is 10.4 Å². The average molecular weight is 400 g/mol.